The minimum absolute atomic E-state index is 0.0166. The Kier molecular flexibility index (Phi) is 6.51. The van der Waals surface area contributed by atoms with Crippen molar-refractivity contribution in [1.29, 1.82) is 0 Å². The van der Waals surface area contributed by atoms with E-state index in [1.807, 2.05) is 6.07 Å². The Balaban J connectivity index is 1.65. The molecule has 0 saturated heterocycles. The van der Waals surface area contributed by atoms with Gasteiger partial charge in [-0.25, -0.2) is 13.1 Å². The Morgan fingerprint density at radius 1 is 0.964 bits per heavy atom. The molecule has 0 heterocycles. The molecule has 0 bridgehead atoms. The van der Waals surface area contributed by atoms with Gasteiger partial charge in [0.15, 0.2) is 0 Å². The zero-order valence-corrected chi connectivity index (χ0v) is 17.6. The summed E-state index contributed by atoms with van der Waals surface area (Å²) in [6.07, 6.45) is 4.43. The Bertz CT molecular complexity index is 968. The van der Waals surface area contributed by atoms with E-state index in [2.05, 4.69) is 26.0 Å². The second kappa shape index (κ2) is 8.87. The molecule has 1 aliphatic carbocycles. The van der Waals surface area contributed by atoms with Crippen LogP contribution in [0.5, 0.6) is 0 Å². The van der Waals surface area contributed by atoms with Crippen LogP contribution in [-0.2, 0) is 14.8 Å². The second-order valence-corrected chi connectivity index (χ2v) is 9.39. The molecule has 0 aliphatic heterocycles. The van der Waals surface area contributed by atoms with Crippen molar-refractivity contribution in [2.45, 2.75) is 37.0 Å². The molecule has 3 rings (SSSR count). The largest absolute Gasteiger partial charge is 0.322 e. The van der Waals surface area contributed by atoms with E-state index in [-0.39, 0.29) is 16.7 Å². The van der Waals surface area contributed by atoms with E-state index in [0.717, 1.165) is 36.6 Å². The molecule has 2 N–H and O–H groups in total. The molecule has 0 unspecified atom stereocenters. The van der Waals surface area contributed by atoms with Crippen molar-refractivity contribution in [2.24, 2.45) is 5.92 Å². The molecule has 0 aromatic heterocycles. The maximum absolute atomic E-state index is 12.5. The third kappa shape index (κ3) is 5.20. The zero-order valence-electron chi connectivity index (χ0n) is 15.2. The molecule has 0 radical (unpaired) electrons. The Hall–Kier alpha value is -2.19. The third-order valence-corrected chi connectivity index (χ3v) is 6.58. The first-order valence-electron chi connectivity index (χ1n) is 9.09. The first-order valence-corrected chi connectivity index (χ1v) is 11.4. The van der Waals surface area contributed by atoms with Crippen LogP contribution in [0, 0.1) is 5.92 Å². The molecule has 1 saturated carbocycles. The van der Waals surface area contributed by atoms with Crippen molar-refractivity contribution < 1.29 is 18.0 Å². The molecule has 1 fully saturated rings. The quantitative estimate of drug-likeness (QED) is 0.696. The van der Waals surface area contributed by atoms with Gasteiger partial charge in [-0.2, -0.15) is 0 Å². The minimum atomic E-state index is -3.93. The van der Waals surface area contributed by atoms with E-state index in [1.165, 1.54) is 24.3 Å². The molecular formula is C20H21BrN2O4S. The zero-order chi connectivity index (χ0) is 20.1. The average molecular weight is 465 g/mol. The monoisotopic (exact) mass is 464 g/mol. The molecule has 28 heavy (non-hydrogen) atoms. The van der Waals surface area contributed by atoms with Gasteiger partial charge in [0.25, 0.3) is 15.9 Å². The number of rotatable bonds is 5. The smallest absolute Gasteiger partial charge is 0.264 e. The Morgan fingerprint density at radius 2 is 1.64 bits per heavy atom. The number of halogens is 1. The highest BCUT2D eigenvalue weighted by molar-refractivity contribution is 9.10. The standard InChI is InChI=1S/C20H21BrN2O4S/c21-16-8-4-7-15(13-16)19(24)22-17-9-11-18(12-10-17)28(26,27)23-20(25)14-5-2-1-3-6-14/h4,7-14H,1-3,5-6H2,(H,22,24)(H,23,25). The predicted molar refractivity (Wildman–Crippen MR) is 110 cm³/mol. The minimum Gasteiger partial charge on any atom is -0.322 e. The maximum atomic E-state index is 12.5. The van der Waals surface area contributed by atoms with E-state index in [0.29, 0.717) is 11.3 Å². The molecule has 2 aromatic rings. The predicted octanol–water partition coefficient (Wildman–Crippen LogP) is 4.09. The van der Waals surface area contributed by atoms with Gasteiger partial charge >= 0.3 is 0 Å². The van der Waals surface area contributed by atoms with Gasteiger partial charge in [0.05, 0.1) is 4.90 Å². The van der Waals surface area contributed by atoms with Crippen molar-refractivity contribution in [2.75, 3.05) is 5.32 Å². The van der Waals surface area contributed by atoms with Crippen LogP contribution in [0.3, 0.4) is 0 Å². The second-order valence-electron chi connectivity index (χ2n) is 6.79. The number of hydrogen-bond donors (Lipinski definition) is 2. The molecule has 148 valence electrons. The van der Waals surface area contributed by atoms with Gasteiger partial charge in [-0.3, -0.25) is 9.59 Å². The number of anilines is 1. The summed E-state index contributed by atoms with van der Waals surface area (Å²) in [5, 5.41) is 2.71. The van der Waals surface area contributed by atoms with Crippen LogP contribution in [0.15, 0.2) is 57.9 Å². The SMILES string of the molecule is O=C(Nc1ccc(S(=O)(=O)NC(=O)C2CCCCC2)cc1)c1cccc(Br)c1. The normalized spacial score (nSPS) is 15.0. The number of carbonyl (C=O) groups excluding carboxylic acids is 2. The lowest BCUT2D eigenvalue weighted by molar-refractivity contribution is -0.124. The molecule has 2 aromatic carbocycles. The fourth-order valence-corrected chi connectivity index (χ4v) is 4.63. The van der Waals surface area contributed by atoms with E-state index < -0.39 is 15.9 Å². The summed E-state index contributed by atoms with van der Waals surface area (Å²) < 4.78 is 27.9. The van der Waals surface area contributed by atoms with Gasteiger partial charge in [-0.1, -0.05) is 41.3 Å². The van der Waals surface area contributed by atoms with Crippen molar-refractivity contribution in [3.05, 3.63) is 58.6 Å². The van der Waals surface area contributed by atoms with E-state index in [1.54, 1.807) is 18.2 Å². The van der Waals surface area contributed by atoms with Crippen molar-refractivity contribution in [3.63, 3.8) is 0 Å². The van der Waals surface area contributed by atoms with Crippen molar-refractivity contribution >= 4 is 43.5 Å². The highest BCUT2D eigenvalue weighted by Crippen LogP contribution is 2.24. The van der Waals surface area contributed by atoms with Gasteiger partial charge in [0.1, 0.15) is 0 Å². The van der Waals surface area contributed by atoms with Gasteiger partial charge in [-0.05, 0) is 55.3 Å². The summed E-state index contributed by atoms with van der Waals surface area (Å²) in [5.41, 5.74) is 0.938. The molecular weight excluding hydrogens is 444 g/mol. The lowest BCUT2D eigenvalue weighted by Crippen LogP contribution is -2.36. The summed E-state index contributed by atoms with van der Waals surface area (Å²) >= 11 is 3.31. The van der Waals surface area contributed by atoms with E-state index in [9.17, 15) is 18.0 Å². The van der Waals surface area contributed by atoms with Gasteiger partial charge in [0.2, 0.25) is 5.91 Å². The Morgan fingerprint density at radius 3 is 2.29 bits per heavy atom. The first kappa shape index (κ1) is 20.5. The fraction of sp³-hybridized carbons (Fsp3) is 0.300. The van der Waals surface area contributed by atoms with Gasteiger partial charge in [0, 0.05) is 21.6 Å². The number of amides is 2. The number of hydrogen-bond acceptors (Lipinski definition) is 4. The lowest BCUT2D eigenvalue weighted by Gasteiger charge is -2.20. The number of carbonyl (C=O) groups is 2. The molecule has 1 aliphatic rings. The third-order valence-electron chi connectivity index (χ3n) is 4.72. The van der Waals surface area contributed by atoms with Gasteiger partial charge < -0.3 is 5.32 Å². The first-order chi connectivity index (χ1) is 13.3. The van der Waals surface area contributed by atoms with E-state index in [4.69, 9.17) is 0 Å². The molecule has 0 spiro atoms. The molecule has 0 atom stereocenters. The van der Waals surface area contributed by atoms with Crippen LogP contribution < -0.4 is 10.0 Å². The summed E-state index contributed by atoms with van der Waals surface area (Å²) in [7, 11) is -3.93. The number of nitrogens with one attached hydrogen (secondary N) is 2. The molecule has 6 nitrogen and oxygen atoms in total. The summed E-state index contributed by atoms with van der Waals surface area (Å²) in [6, 6.07) is 12.7. The van der Waals surface area contributed by atoms with Crippen LogP contribution in [0.1, 0.15) is 42.5 Å². The number of benzene rings is 2. The Labute approximate surface area is 172 Å². The van der Waals surface area contributed by atoms with Crippen molar-refractivity contribution in [3.8, 4) is 0 Å². The highest BCUT2D eigenvalue weighted by Gasteiger charge is 2.26. The summed E-state index contributed by atoms with van der Waals surface area (Å²) in [5.74, 6) is -0.985. The van der Waals surface area contributed by atoms with Crippen LogP contribution >= 0.6 is 15.9 Å². The topological polar surface area (TPSA) is 92.3 Å². The van der Waals surface area contributed by atoms with Crippen LogP contribution in [0.25, 0.3) is 0 Å². The summed E-state index contributed by atoms with van der Waals surface area (Å²) in [6.45, 7) is 0. The lowest BCUT2D eigenvalue weighted by atomic mass is 9.89. The molecule has 8 heteroatoms. The van der Waals surface area contributed by atoms with Crippen LogP contribution in [0.2, 0.25) is 0 Å². The fourth-order valence-electron chi connectivity index (χ4n) is 3.19. The summed E-state index contributed by atoms with van der Waals surface area (Å²) in [4.78, 5) is 24.5. The maximum Gasteiger partial charge on any atom is 0.264 e. The molecule has 2 amide bonds. The van der Waals surface area contributed by atoms with E-state index >= 15 is 0 Å². The average Bonchev–Trinajstić information content (AvgIpc) is 2.69. The van der Waals surface area contributed by atoms with Crippen molar-refractivity contribution in [1.82, 2.24) is 4.72 Å². The number of sulfonamides is 1. The highest BCUT2D eigenvalue weighted by atomic mass is 79.9. The van der Waals surface area contributed by atoms with Crippen LogP contribution in [-0.4, -0.2) is 20.2 Å². The van der Waals surface area contributed by atoms with Gasteiger partial charge in [-0.15, -0.1) is 0 Å². The van der Waals surface area contributed by atoms with Crippen LogP contribution in [0.4, 0.5) is 5.69 Å².